The van der Waals surface area contributed by atoms with E-state index in [9.17, 15) is 4.79 Å². The van der Waals surface area contributed by atoms with Gasteiger partial charge in [0.1, 0.15) is 11.8 Å². The first kappa shape index (κ1) is 12.6. The van der Waals surface area contributed by atoms with Crippen LogP contribution < -0.4 is 0 Å². The molecule has 1 rings (SSSR count). The molecule has 0 saturated carbocycles. The van der Waals surface area contributed by atoms with E-state index in [-0.39, 0.29) is 12.5 Å². The summed E-state index contributed by atoms with van der Waals surface area (Å²) >= 11 is 5.76. The maximum absolute atomic E-state index is 11.7. The second kappa shape index (κ2) is 5.57. The summed E-state index contributed by atoms with van der Waals surface area (Å²) in [6.45, 7) is 1.87. The van der Waals surface area contributed by atoms with Gasteiger partial charge in [-0.15, -0.1) is 0 Å². The number of aryl methyl sites for hydroxylation is 1. The lowest BCUT2D eigenvalue weighted by molar-refractivity contribution is 0.0292. The molecule has 1 aromatic heterocycles. The number of rotatable bonds is 4. The minimum Gasteiger partial charge on any atom is -0.457 e. The molecule has 0 aliphatic rings. The average Bonchev–Trinajstić information content (AvgIpc) is 2.57. The number of halogens is 1. The largest absolute Gasteiger partial charge is 0.457 e. The van der Waals surface area contributed by atoms with Crippen LogP contribution in [0, 0.1) is 11.3 Å². The monoisotopic (exact) mass is 240 g/mol. The molecule has 1 atom stereocenters. The van der Waals surface area contributed by atoms with Gasteiger partial charge >= 0.3 is 5.97 Å². The van der Waals surface area contributed by atoms with Crippen molar-refractivity contribution in [1.29, 1.82) is 5.26 Å². The maximum atomic E-state index is 11.7. The molecule has 0 aliphatic carbocycles. The highest BCUT2D eigenvalue weighted by Gasteiger charge is 2.17. The summed E-state index contributed by atoms with van der Waals surface area (Å²) in [6.07, 6.45) is 2.10. The molecule has 0 saturated heterocycles. The summed E-state index contributed by atoms with van der Waals surface area (Å²) in [4.78, 5) is 11.7. The molecule has 86 valence electrons. The number of hydrogen-bond donors (Lipinski definition) is 0. The third kappa shape index (κ3) is 3.01. The SMILES string of the molecule is CC[C@@H](CC#N)OC(=O)c1cc(Cl)cn1C. The standard InChI is InChI=1S/C11H13ClN2O2/c1-3-9(4-5-13)16-11(15)10-6-8(12)7-14(10)2/h6-7,9H,3-4H2,1-2H3/t9-/m0/s1. The van der Waals surface area contributed by atoms with Crippen LogP contribution in [0.15, 0.2) is 12.3 Å². The highest BCUT2D eigenvalue weighted by atomic mass is 35.5. The maximum Gasteiger partial charge on any atom is 0.355 e. The van der Waals surface area contributed by atoms with Gasteiger partial charge in [0, 0.05) is 13.2 Å². The summed E-state index contributed by atoms with van der Waals surface area (Å²) in [6, 6.07) is 3.53. The summed E-state index contributed by atoms with van der Waals surface area (Å²) in [5, 5.41) is 9.03. The minimum absolute atomic E-state index is 0.209. The number of hydrogen-bond acceptors (Lipinski definition) is 3. The van der Waals surface area contributed by atoms with Gasteiger partial charge in [-0.05, 0) is 12.5 Å². The molecule has 0 amide bonds. The topological polar surface area (TPSA) is 55.0 Å². The molecule has 16 heavy (non-hydrogen) atoms. The Morgan fingerprint density at radius 3 is 2.88 bits per heavy atom. The Bertz CT molecular complexity index is 420. The van der Waals surface area contributed by atoms with E-state index in [0.29, 0.717) is 17.1 Å². The molecule has 0 radical (unpaired) electrons. The molecule has 0 fully saturated rings. The third-order valence-corrected chi connectivity index (χ3v) is 2.44. The van der Waals surface area contributed by atoms with Crippen LogP contribution in [0.5, 0.6) is 0 Å². The van der Waals surface area contributed by atoms with Gasteiger partial charge in [0.25, 0.3) is 0 Å². The first-order valence-corrected chi connectivity index (χ1v) is 5.36. The van der Waals surface area contributed by atoms with E-state index in [0.717, 1.165) is 0 Å². The quantitative estimate of drug-likeness (QED) is 0.760. The molecule has 1 aromatic rings. The Hall–Kier alpha value is -1.47. The van der Waals surface area contributed by atoms with E-state index < -0.39 is 5.97 Å². The molecule has 0 spiro atoms. The summed E-state index contributed by atoms with van der Waals surface area (Å²) < 4.78 is 6.78. The molecule has 0 unspecified atom stereocenters. The number of ether oxygens (including phenoxy) is 1. The van der Waals surface area contributed by atoms with Crippen molar-refractivity contribution in [3.05, 3.63) is 23.0 Å². The zero-order chi connectivity index (χ0) is 12.1. The van der Waals surface area contributed by atoms with Crippen molar-refractivity contribution in [3.8, 4) is 6.07 Å². The summed E-state index contributed by atoms with van der Waals surface area (Å²) in [5.74, 6) is -0.448. The third-order valence-electron chi connectivity index (χ3n) is 2.23. The highest BCUT2D eigenvalue weighted by molar-refractivity contribution is 6.30. The molecule has 0 aromatic carbocycles. The molecule has 5 heteroatoms. The van der Waals surface area contributed by atoms with Crippen molar-refractivity contribution in [1.82, 2.24) is 4.57 Å². The number of aromatic nitrogens is 1. The average molecular weight is 241 g/mol. The molecule has 0 aliphatic heterocycles. The molecule has 4 nitrogen and oxygen atoms in total. The zero-order valence-electron chi connectivity index (χ0n) is 9.24. The number of esters is 1. The molecule has 1 heterocycles. The summed E-state index contributed by atoms with van der Waals surface area (Å²) in [7, 11) is 1.72. The zero-order valence-corrected chi connectivity index (χ0v) is 9.99. The number of carbonyl (C=O) groups excluding carboxylic acids is 1. The van der Waals surface area contributed by atoms with E-state index in [1.165, 1.54) is 0 Å². The predicted octanol–water partition coefficient (Wildman–Crippen LogP) is 2.53. The van der Waals surface area contributed by atoms with Crippen LogP contribution in [0.2, 0.25) is 5.02 Å². The fourth-order valence-corrected chi connectivity index (χ4v) is 1.56. The Kier molecular flexibility index (Phi) is 4.39. The highest BCUT2D eigenvalue weighted by Crippen LogP contribution is 2.15. The van der Waals surface area contributed by atoms with Crippen LogP contribution in [-0.2, 0) is 11.8 Å². The van der Waals surface area contributed by atoms with E-state index in [4.69, 9.17) is 21.6 Å². The van der Waals surface area contributed by atoms with Crippen LogP contribution in [0.1, 0.15) is 30.3 Å². The Balaban J connectivity index is 2.72. The fraction of sp³-hybridized carbons (Fsp3) is 0.455. The second-order valence-electron chi connectivity index (χ2n) is 3.45. The normalized spacial score (nSPS) is 11.9. The Morgan fingerprint density at radius 1 is 1.75 bits per heavy atom. The van der Waals surface area contributed by atoms with Gasteiger partial charge in [-0.2, -0.15) is 5.26 Å². The van der Waals surface area contributed by atoms with Gasteiger partial charge in [-0.3, -0.25) is 0 Å². The van der Waals surface area contributed by atoms with Gasteiger partial charge in [-0.25, -0.2) is 4.79 Å². The van der Waals surface area contributed by atoms with Crippen molar-refractivity contribution in [2.75, 3.05) is 0 Å². The van der Waals surface area contributed by atoms with E-state index in [2.05, 4.69) is 0 Å². The van der Waals surface area contributed by atoms with Crippen LogP contribution in [0.4, 0.5) is 0 Å². The Labute approximate surface area is 99.4 Å². The molecular weight excluding hydrogens is 228 g/mol. The van der Waals surface area contributed by atoms with Crippen molar-refractivity contribution in [2.24, 2.45) is 7.05 Å². The first-order chi connectivity index (χ1) is 7.58. The van der Waals surface area contributed by atoms with E-state index in [1.54, 1.807) is 23.9 Å². The Morgan fingerprint density at radius 2 is 2.44 bits per heavy atom. The van der Waals surface area contributed by atoms with E-state index >= 15 is 0 Å². The predicted molar refractivity (Wildman–Crippen MR) is 60.1 cm³/mol. The summed E-state index contributed by atoms with van der Waals surface area (Å²) in [5.41, 5.74) is 0.390. The lowest BCUT2D eigenvalue weighted by Crippen LogP contribution is -2.18. The number of nitrogens with zero attached hydrogens (tertiary/aromatic N) is 2. The van der Waals surface area contributed by atoms with Crippen molar-refractivity contribution in [2.45, 2.75) is 25.9 Å². The van der Waals surface area contributed by atoms with Crippen molar-refractivity contribution >= 4 is 17.6 Å². The smallest absolute Gasteiger partial charge is 0.355 e. The number of carbonyl (C=O) groups is 1. The van der Waals surface area contributed by atoms with Gasteiger partial charge < -0.3 is 9.30 Å². The van der Waals surface area contributed by atoms with Gasteiger partial charge in [0.15, 0.2) is 0 Å². The molecule has 0 N–H and O–H groups in total. The lowest BCUT2D eigenvalue weighted by atomic mass is 10.2. The van der Waals surface area contributed by atoms with Gasteiger partial charge in [0.2, 0.25) is 0 Å². The van der Waals surface area contributed by atoms with E-state index in [1.807, 2.05) is 13.0 Å². The molecular formula is C11H13ClN2O2. The van der Waals surface area contributed by atoms with Crippen LogP contribution in [-0.4, -0.2) is 16.6 Å². The second-order valence-corrected chi connectivity index (χ2v) is 3.89. The first-order valence-electron chi connectivity index (χ1n) is 4.98. The fourth-order valence-electron chi connectivity index (χ4n) is 1.31. The van der Waals surface area contributed by atoms with Crippen LogP contribution in [0.25, 0.3) is 0 Å². The molecule has 0 bridgehead atoms. The van der Waals surface area contributed by atoms with Crippen LogP contribution >= 0.6 is 11.6 Å². The van der Waals surface area contributed by atoms with Crippen LogP contribution in [0.3, 0.4) is 0 Å². The van der Waals surface area contributed by atoms with Crippen molar-refractivity contribution in [3.63, 3.8) is 0 Å². The minimum atomic E-state index is -0.448. The van der Waals surface area contributed by atoms with Crippen molar-refractivity contribution < 1.29 is 9.53 Å². The number of nitriles is 1. The lowest BCUT2D eigenvalue weighted by Gasteiger charge is -2.12. The van der Waals surface area contributed by atoms with Gasteiger partial charge in [-0.1, -0.05) is 18.5 Å². The van der Waals surface area contributed by atoms with Gasteiger partial charge in [0.05, 0.1) is 17.5 Å².